The molecule has 0 aliphatic rings. The summed E-state index contributed by atoms with van der Waals surface area (Å²) in [4.78, 5) is 37.3. The third kappa shape index (κ3) is 4.16. The van der Waals surface area contributed by atoms with Gasteiger partial charge in [-0.15, -0.1) is 10.2 Å². The number of aryl methyl sites for hydroxylation is 1. The predicted octanol–water partition coefficient (Wildman–Crippen LogP) is 1.87. The number of hydrogen-bond donors (Lipinski definition) is 1. The van der Waals surface area contributed by atoms with Crippen LogP contribution in [0.2, 0.25) is 0 Å². The first-order chi connectivity index (χ1) is 13.8. The van der Waals surface area contributed by atoms with Crippen molar-refractivity contribution < 1.29 is 9.21 Å². The Morgan fingerprint density at radius 3 is 2.55 bits per heavy atom. The van der Waals surface area contributed by atoms with E-state index in [2.05, 4.69) is 10.2 Å². The molecule has 0 aliphatic carbocycles. The highest BCUT2D eigenvalue weighted by molar-refractivity contribution is 7.99. The number of nitrogens with two attached hydrogens (primary N) is 1. The topological polar surface area (TPSA) is 126 Å². The average molecular weight is 415 g/mol. The number of hydrogen-bond acceptors (Lipinski definition) is 8. The van der Waals surface area contributed by atoms with E-state index in [1.807, 2.05) is 38.1 Å². The number of rotatable bonds is 7. The molecule has 2 aromatic heterocycles. The Balaban J connectivity index is 1.81. The fraction of sp³-hybridized carbons (Fsp3) is 0.316. The van der Waals surface area contributed by atoms with Crippen molar-refractivity contribution in [2.45, 2.75) is 32.0 Å². The van der Waals surface area contributed by atoms with Gasteiger partial charge in [0.05, 0.1) is 5.75 Å². The van der Waals surface area contributed by atoms with E-state index >= 15 is 0 Å². The fourth-order valence-electron chi connectivity index (χ4n) is 2.77. The van der Waals surface area contributed by atoms with E-state index in [9.17, 15) is 14.4 Å². The van der Waals surface area contributed by atoms with Gasteiger partial charge in [0, 0.05) is 19.2 Å². The molecule has 152 valence electrons. The summed E-state index contributed by atoms with van der Waals surface area (Å²) in [5.74, 6) is -0.407. The van der Waals surface area contributed by atoms with Gasteiger partial charge in [0.15, 0.2) is 5.78 Å². The fourth-order valence-corrected chi connectivity index (χ4v) is 3.40. The first-order valence-corrected chi connectivity index (χ1v) is 9.97. The van der Waals surface area contributed by atoms with E-state index in [4.69, 9.17) is 10.2 Å². The molecule has 0 saturated carbocycles. The highest BCUT2D eigenvalue weighted by atomic mass is 32.2. The van der Waals surface area contributed by atoms with Crippen LogP contribution in [0, 0.1) is 6.92 Å². The summed E-state index contributed by atoms with van der Waals surface area (Å²) in [6, 6.07) is 7.59. The van der Waals surface area contributed by atoms with Crippen LogP contribution in [0.1, 0.15) is 29.3 Å². The molecule has 1 aromatic carbocycles. The van der Waals surface area contributed by atoms with Crippen molar-refractivity contribution in [1.82, 2.24) is 19.3 Å². The van der Waals surface area contributed by atoms with Gasteiger partial charge in [-0.2, -0.15) is 0 Å². The molecule has 2 heterocycles. The zero-order valence-electron chi connectivity index (χ0n) is 16.3. The number of nitrogens with zero attached hydrogens (tertiary/aromatic N) is 4. The van der Waals surface area contributed by atoms with E-state index in [1.165, 1.54) is 11.6 Å². The van der Waals surface area contributed by atoms with Gasteiger partial charge < -0.3 is 10.2 Å². The lowest BCUT2D eigenvalue weighted by Crippen LogP contribution is -2.42. The Hall–Kier alpha value is -3.14. The Bertz CT molecular complexity index is 1160. The second kappa shape index (κ2) is 8.48. The lowest BCUT2D eigenvalue weighted by Gasteiger charge is -2.13. The first kappa shape index (κ1) is 20.6. The second-order valence-corrected chi connectivity index (χ2v) is 7.44. The third-order valence-electron chi connectivity index (χ3n) is 4.34. The summed E-state index contributed by atoms with van der Waals surface area (Å²) < 4.78 is 7.71. The zero-order chi connectivity index (χ0) is 21.1. The summed E-state index contributed by atoms with van der Waals surface area (Å²) in [6.45, 7) is 4.16. The molecule has 0 bridgehead atoms. The molecule has 29 heavy (non-hydrogen) atoms. The lowest BCUT2D eigenvalue weighted by molar-refractivity contribution is 0.102. The quantitative estimate of drug-likeness (QED) is 0.458. The Labute approximate surface area is 170 Å². The van der Waals surface area contributed by atoms with Gasteiger partial charge in [-0.25, -0.2) is 4.79 Å². The zero-order valence-corrected chi connectivity index (χ0v) is 17.2. The largest absolute Gasteiger partial charge is 0.411 e. The number of anilines is 1. The molecule has 0 atom stereocenters. The van der Waals surface area contributed by atoms with Gasteiger partial charge in [0.2, 0.25) is 5.89 Å². The van der Waals surface area contributed by atoms with Crippen molar-refractivity contribution in [3.63, 3.8) is 0 Å². The van der Waals surface area contributed by atoms with E-state index in [1.54, 1.807) is 0 Å². The van der Waals surface area contributed by atoms with Crippen LogP contribution in [0.15, 0.2) is 43.5 Å². The molecule has 3 aromatic rings. The number of Topliss-reactive ketones (excluding diaryl/α,β-unsaturated/α-hetero) is 1. The highest BCUT2D eigenvalue weighted by Gasteiger charge is 2.22. The number of carbonyl (C=O) groups is 1. The minimum absolute atomic E-state index is 0.114. The van der Waals surface area contributed by atoms with Crippen LogP contribution in [0.3, 0.4) is 0 Å². The van der Waals surface area contributed by atoms with Gasteiger partial charge in [0.25, 0.3) is 10.8 Å². The first-order valence-electron chi connectivity index (χ1n) is 8.99. The summed E-state index contributed by atoms with van der Waals surface area (Å²) in [5, 5.41) is 8.11. The van der Waals surface area contributed by atoms with Crippen LogP contribution >= 0.6 is 11.8 Å². The average Bonchev–Trinajstić information content (AvgIpc) is 3.18. The molecular formula is C19H21N5O4S. The van der Waals surface area contributed by atoms with Crippen molar-refractivity contribution in [1.29, 1.82) is 0 Å². The van der Waals surface area contributed by atoms with Crippen LogP contribution in [-0.2, 0) is 13.6 Å². The van der Waals surface area contributed by atoms with E-state index < -0.39 is 17.0 Å². The molecule has 0 aliphatic heterocycles. The minimum Gasteiger partial charge on any atom is -0.411 e. The van der Waals surface area contributed by atoms with Crippen molar-refractivity contribution >= 4 is 23.4 Å². The molecule has 0 unspecified atom stereocenters. The number of nitrogen functional groups attached to an aromatic ring is 1. The second-order valence-electron chi connectivity index (χ2n) is 6.51. The molecule has 3 rings (SSSR count). The van der Waals surface area contributed by atoms with E-state index in [0.29, 0.717) is 18.9 Å². The molecule has 10 heteroatoms. The van der Waals surface area contributed by atoms with Gasteiger partial charge in [-0.1, -0.05) is 36.4 Å². The maximum absolute atomic E-state index is 12.7. The molecular weight excluding hydrogens is 394 g/mol. The van der Waals surface area contributed by atoms with Crippen molar-refractivity contribution in [3.05, 3.63) is 56.2 Å². The maximum atomic E-state index is 12.7. The molecule has 0 fully saturated rings. The van der Waals surface area contributed by atoms with Crippen molar-refractivity contribution in [3.8, 4) is 11.5 Å². The highest BCUT2D eigenvalue weighted by Crippen LogP contribution is 2.24. The van der Waals surface area contributed by atoms with Crippen LogP contribution in [-0.4, -0.2) is 30.9 Å². The molecule has 0 spiro atoms. The van der Waals surface area contributed by atoms with E-state index in [-0.39, 0.29) is 22.4 Å². The molecule has 0 saturated heterocycles. The normalized spacial score (nSPS) is 11.0. The van der Waals surface area contributed by atoms with Crippen LogP contribution in [0.5, 0.6) is 0 Å². The SMILES string of the molecule is CCCn1c(N)c(C(=O)CSc2nnc(-c3ccc(C)cc3)o2)c(=O)n(C)c1=O. The maximum Gasteiger partial charge on any atom is 0.332 e. The van der Waals surface area contributed by atoms with Gasteiger partial charge in [-0.3, -0.25) is 18.7 Å². The Morgan fingerprint density at radius 2 is 1.90 bits per heavy atom. The molecule has 0 amide bonds. The summed E-state index contributed by atoms with van der Waals surface area (Å²) in [5.41, 5.74) is 6.39. The van der Waals surface area contributed by atoms with Crippen LogP contribution < -0.4 is 17.0 Å². The lowest BCUT2D eigenvalue weighted by atomic mass is 10.1. The van der Waals surface area contributed by atoms with Crippen molar-refractivity contribution in [2.24, 2.45) is 7.05 Å². The predicted molar refractivity (Wildman–Crippen MR) is 110 cm³/mol. The third-order valence-corrected chi connectivity index (χ3v) is 5.16. The number of carbonyl (C=O) groups excluding carboxylic acids is 1. The molecule has 0 radical (unpaired) electrons. The summed E-state index contributed by atoms with van der Waals surface area (Å²) in [6.07, 6.45) is 0.633. The van der Waals surface area contributed by atoms with Gasteiger partial charge in [0.1, 0.15) is 11.4 Å². The number of benzene rings is 1. The number of aromatic nitrogens is 4. The van der Waals surface area contributed by atoms with Gasteiger partial charge >= 0.3 is 5.69 Å². The Morgan fingerprint density at radius 1 is 1.21 bits per heavy atom. The van der Waals surface area contributed by atoms with Gasteiger partial charge in [-0.05, 0) is 25.5 Å². The summed E-state index contributed by atoms with van der Waals surface area (Å²) in [7, 11) is 1.33. The Kier molecular flexibility index (Phi) is 6.02. The van der Waals surface area contributed by atoms with E-state index in [0.717, 1.165) is 27.5 Å². The van der Waals surface area contributed by atoms with Crippen molar-refractivity contribution in [2.75, 3.05) is 11.5 Å². The molecule has 2 N–H and O–H groups in total. The number of ketones is 1. The number of thioether (sulfide) groups is 1. The minimum atomic E-state index is -0.712. The standard InChI is InChI=1S/C19H21N5O4S/c1-4-9-24-15(20)14(17(26)23(3)19(24)27)13(25)10-29-18-22-21-16(28-18)12-7-5-11(2)6-8-12/h5-8H,4,9-10,20H2,1-3H3. The van der Waals surface area contributed by atoms with Crippen LogP contribution in [0.4, 0.5) is 5.82 Å². The summed E-state index contributed by atoms with van der Waals surface area (Å²) >= 11 is 1.01. The van der Waals surface area contributed by atoms with Crippen LogP contribution in [0.25, 0.3) is 11.5 Å². The monoisotopic (exact) mass is 415 g/mol. The molecule has 9 nitrogen and oxygen atoms in total. The smallest absolute Gasteiger partial charge is 0.332 e.